The molecule has 1 rings (SSSR count). The molecule has 0 saturated heterocycles. The van der Waals surface area contributed by atoms with Crippen molar-refractivity contribution < 1.29 is 35.5 Å². The molecule has 0 aromatic heterocycles. The third-order valence-electron chi connectivity index (χ3n) is 2.54. The Balaban J connectivity index is 3.08. The van der Waals surface area contributed by atoms with E-state index >= 15 is 0 Å². The van der Waals surface area contributed by atoms with Gasteiger partial charge in [0.15, 0.2) is 0 Å². The summed E-state index contributed by atoms with van der Waals surface area (Å²) in [6, 6.07) is -2.68. The summed E-state index contributed by atoms with van der Waals surface area (Å²) in [5.41, 5.74) is 0.618. The van der Waals surface area contributed by atoms with Gasteiger partial charge in [-0.2, -0.15) is 35.8 Å². The Hall–Kier alpha value is -1.05. The van der Waals surface area contributed by atoms with Gasteiger partial charge in [0.2, 0.25) is 0 Å². The molecule has 0 unspecified atom stereocenters. The largest absolute Gasteiger partial charge is 0.488 e. The molecule has 0 amide bonds. The lowest BCUT2D eigenvalue weighted by molar-refractivity contribution is -0.361. The smallest absolute Gasteiger partial charge is 0.462 e. The summed E-state index contributed by atoms with van der Waals surface area (Å²) in [5, 5.41) is 2.81. The highest BCUT2D eigenvalue weighted by molar-refractivity contribution is 14.1. The van der Waals surface area contributed by atoms with Crippen molar-refractivity contribution in [3.63, 3.8) is 0 Å². The zero-order chi connectivity index (χ0) is 19.5. The fourth-order valence-electron chi connectivity index (χ4n) is 1.40. The van der Waals surface area contributed by atoms with Gasteiger partial charge in [-0.15, -0.1) is 0 Å². The van der Waals surface area contributed by atoms with Crippen LogP contribution in [0.5, 0.6) is 5.75 Å². The maximum Gasteiger partial charge on any atom is 0.462 e. The fraction of sp³-hybridized carbons (Fsp3) is 0.308. The second-order valence-electron chi connectivity index (χ2n) is 4.42. The van der Waals surface area contributed by atoms with Crippen LogP contribution in [0, 0.1) is 3.57 Å². The predicted octanol–water partition coefficient (Wildman–Crippen LogP) is 5.33. The standard InChI is InChI=1S/C13H9BrF7IN2O/c1-2-3-25-10-7(4-8(14)5-9(10)22)6-23-24-13(20,21)11(15,16)12(17,18)19/h2,4-6,24H,1,3H2/b23-6-. The van der Waals surface area contributed by atoms with Gasteiger partial charge in [0.25, 0.3) is 0 Å². The van der Waals surface area contributed by atoms with Gasteiger partial charge in [0.05, 0.1) is 9.78 Å². The Bertz CT molecular complexity index is 665. The first-order valence-corrected chi connectivity index (χ1v) is 8.06. The van der Waals surface area contributed by atoms with Crippen molar-refractivity contribution in [2.45, 2.75) is 18.1 Å². The van der Waals surface area contributed by atoms with E-state index < -0.39 is 18.1 Å². The molecule has 0 aliphatic carbocycles. The molecule has 140 valence electrons. The van der Waals surface area contributed by atoms with Gasteiger partial charge in [-0.3, -0.25) is 0 Å². The summed E-state index contributed by atoms with van der Waals surface area (Å²) in [6.07, 6.45) is -4.40. The van der Waals surface area contributed by atoms with Gasteiger partial charge in [-0.1, -0.05) is 28.6 Å². The Kier molecular flexibility index (Phi) is 7.12. The minimum atomic E-state index is -6.44. The normalized spacial score (nSPS) is 13.2. The lowest BCUT2D eigenvalue weighted by Crippen LogP contribution is -2.58. The first-order chi connectivity index (χ1) is 11.3. The fourth-order valence-corrected chi connectivity index (χ4v) is 3.11. The van der Waals surface area contributed by atoms with E-state index in [2.05, 4.69) is 27.6 Å². The zero-order valence-corrected chi connectivity index (χ0v) is 15.7. The van der Waals surface area contributed by atoms with Gasteiger partial charge in [-0.25, -0.2) is 5.43 Å². The molecule has 1 aromatic rings. The van der Waals surface area contributed by atoms with Crippen LogP contribution in [0.2, 0.25) is 0 Å². The third-order valence-corrected chi connectivity index (χ3v) is 3.80. The topological polar surface area (TPSA) is 33.6 Å². The molecule has 0 aliphatic heterocycles. The van der Waals surface area contributed by atoms with Crippen LogP contribution in [-0.2, 0) is 0 Å². The number of rotatable bonds is 7. The second kappa shape index (κ2) is 8.10. The average Bonchev–Trinajstić information content (AvgIpc) is 2.44. The van der Waals surface area contributed by atoms with Crippen LogP contribution in [0.1, 0.15) is 5.56 Å². The summed E-state index contributed by atoms with van der Waals surface area (Å²) in [6.45, 7) is 3.48. The molecule has 0 radical (unpaired) electrons. The molecular formula is C13H9BrF7IN2O. The van der Waals surface area contributed by atoms with Crippen molar-refractivity contribution in [2.75, 3.05) is 6.61 Å². The molecule has 25 heavy (non-hydrogen) atoms. The highest BCUT2D eigenvalue weighted by Crippen LogP contribution is 2.45. The van der Waals surface area contributed by atoms with Gasteiger partial charge in [0.1, 0.15) is 12.4 Å². The molecule has 0 saturated carbocycles. The summed E-state index contributed by atoms with van der Waals surface area (Å²) < 4.78 is 94.1. The molecular weight excluding hydrogens is 540 g/mol. The summed E-state index contributed by atoms with van der Waals surface area (Å²) in [7, 11) is 0. The summed E-state index contributed by atoms with van der Waals surface area (Å²) in [5.74, 6) is -6.13. The number of nitrogens with zero attached hydrogens (tertiary/aromatic N) is 1. The van der Waals surface area contributed by atoms with E-state index in [0.29, 0.717) is 19.7 Å². The summed E-state index contributed by atoms with van der Waals surface area (Å²) in [4.78, 5) is 0. The number of hydrogen-bond acceptors (Lipinski definition) is 3. The first kappa shape index (κ1) is 22.0. The number of alkyl halides is 7. The first-order valence-electron chi connectivity index (χ1n) is 6.19. The maximum absolute atomic E-state index is 13.1. The molecule has 0 heterocycles. The Morgan fingerprint density at radius 3 is 2.32 bits per heavy atom. The average molecular weight is 549 g/mol. The van der Waals surface area contributed by atoms with Crippen LogP contribution >= 0.6 is 38.5 Å². The lowest BCUT2D eigenvalue weighted by atomic mass is 10.2. The maximum atomic E-state index is 13.1. The molecule has 0 aliphatic rings. The van der Waals surface area contributed by atoms with E-state index in [1.165, 1.54) is 12.1 Å². The third kappa shape index (κ3) is 5.21. The van der Waals surface area contributed by atoms with Crippen molar-refractivity contribution in [3.05, 3.63) is 38.4 Å². The molecule has 0 atom stereocenters. The molecule has 1 N–H and O–H groups in total. The van der Waals surface area contributed by atoms with Crippen molar-refractivity contribution in [2.24, 2.45) is 5.10 Å². The quantitative estimate of drug-likeness (QED) is 0.125. The molecule has 12 heteroatoms. The van der Waals surface area contributed by atoms with Crippen LogP contribution in [0.25, 0.3) is 0 Å². The Morgan fingerprint density at radius 2 is 1.80 bits per heavy atom. The SMILES string of the molecule is C=CCOc1c(I)cc(Br)cc1/C=N\NC(F)(F)C(F)(F)C(F)(F)F. The molecule has 0 spiro atoms. The summed E-state index contributed by atoms with van der Waals surface area (Å²) >= 11 is 4.98. The number of halogens is 9. The Labute approximate surface area is 159 Å². The molecule has 0 fully saturated rings. The van der Waals surface area contributed by atoms with E-state index in [4.69, 9.17) is 4.74 Å². The predicted molar refractivity (Wildman–Crippen MR) is 89.2 cm³/mol. The number of benzene rings is 1. The minimum Gasteiger partial charge on any atom is -0.488 e. The van der Waals surface area contributed by atoms with Crippen molar-refractivity contribution in [3.8, 4) is 5.75 Å². The van der Waals surface area contributed by atoms with E-state index in [0.717, 1.165) is 0 Å². The molecule has 3 nitrogen and oxygen atoms in total. The Morgan fingerprint density at radius 1 is 1.20 bits per heavy atom. The van der Waals surface area contributed by atoms with Gasteiger partial charge < -0.3 is 4.74 Å². The lowest BCUT2D eigenvalue weighted by Gasteiger charge is -2.27. The van der Waals surface area contributed by atoms with Gasteiger partial charge in [0, 0.05) is 10.0 Å². The van der Waals surface area contributed by atoms with E-state index in [-0.39, 0.29) is 17.9 Å². The monoisotopic (exact) mass is 548 g/mol. The van der Waals surface area contributed by atoms with Gasteiger partial charge >= 0.3 is 18.1 Å². The van der Waals surface area contributed by atoms with Crippen molar-refractivity contribution in [1.29, 1.82) is 0 Å². The van der Waals surface area contributed by atoms with E-state index in [9.17, 15) is 30.7 Å². The van der Waals surface area contributed by atoms with Crippen LogP contribution in [0.4, 0.5) is 30.7 Å². The van der Waals surface area contributed by atoms with Gasteiger partial charge in [-0.05, 0) is 34.7 Å². The number of nitrogens with one attached hydrogen (secondary N) is 1. The van der Waals surface area contributed by atoms with Crippen molar-refractivity contribution in [1.82, 2.24) is 5.43 Å². The zero-order valence-electron chi connectivity index (χ0n) is 12.0. The number of hydrogen-bond donors (Lipinski definition) is 1. The molecule has 0 bridgehead atoms. The molecule has 1 aromatic carbocycles. The minimum absolute atomic E-state index is 0.0498. The van der Waals surface area contributed by atoms with Crippen LogP contribution in [0.3, 0.4) is 0 Å². The van der Waals surface area contributed by atoms with Crippen LogP contribution < -0.4 is 10.2 Å². The highest BCUT2D eigenvalue weighted by atomic mass is 127. The van der Waals surface area contributed by atoms with Crippen molar-refractivity contribution >= 4 is 44.7 Å². The van der Waals surface area contributed by atoms with E-state index in [1.54, 1.807) is 6.07 Å². The number of ether oxygens (including phenoxy) is 1. The van der Waals surface area contributed by atoms with Crippen LogP contribution in [-0.4, -0.2) is 31.0 Å². The van der Waals surface area contributed by atoms with E-state index in [1.807, 2.05) is 22.6 Å². The highest BCUT2D eigenvalue weighted by Gasteiger charge is 2.73. The number of hydrazone groups is 1. The second-order valence-corrected chi connectivity index (χ2v) is 6.50. The van der Waals surface area contributed by atoms with Crippen LogP contribution in [0.15, 0.2) is 34.4 Å².